The standard InChI is InChI=1S/C26H25ClFN3O3/c1-26(2,3)18-7-9-20(10-8-18)33-16-21-11-12-23(34-21)25(32)29-24-22(27)15-31(30-24)14-17-5-4-6-19(28)13-17/h4-13,15H,14,16H2,1-3H3,(H,29,30,32). The number of nitrogens with zero attached hydrogens (tertiary/aromatic N) is 2. The van der Waals surface area contributed by atoms with Crippen molar-refractivity contribution in [1.29, 1.82) is 0 Å². The number of furan rings is 1. The molecule has 0 aliphatic carbocycles. The minimum atomic E-state index is -0.487. The van der Waals surface area contributed by atoms with Crippen LogP contribution in [-0.2, 0) is 18.6 Å². The monoisotopic (exact) mass is 481 g/mol. The van der Waals surface area contributed by atoms with Crippen LogP contribution < -0.4 is 10.1 Å². The number of rotatable bonds is 7. The third kappa shape index (κ3) is 5.85. The first-order valence-electron chi connectivity index (χ1n) is 10.8. The first-order chi connectivity index (χ1) is 16.2. The van der Waals surface area contributed by atoms with Gasteiger partial charge in [0.05, 0.1) is 6.54 Å². The fourth-order valence-corrected chi connectivity index (χ4v) is 3.54. The summed E-state index contributed by atoms with van der Waals surface area (Å²) >= 11 is 6.21. The van der Waals surface area contributed by atoms with Gasteiger partial charge in [-0.3, -0.25) is 9.48 Å². The predicted octanol–water partition coefficient (Wildman–Crippen LogP) is 6.45. The van der Waals surface area contributed by atoms with Gasteiger partial charge in [-0.1, -0.05) is 56.6 Å². The van der Waals surface area contributed by atoms with Crippen LogP contribution in [-0.4, -0.2) is 15.7 Å². The molecule has 0 radical (unpaired) electrons. The molecule has 176 valence electrons. The SMILES string of the molecule is CC(C)(C)c1ccc(OCc2ccc(C(=O)Nc3nn(Cc4cccc(F)c4)cc3Cl)o2)cc1. The fraction of sp³-hybridized carbons (Fsp3) is 0.231. The number of nitrogens with one attached hydrogen (secondary N) is 1. The lowest BCUT2D eigenvalue weighted by Gasteiger charge is -2.19. The molecule has 2 heterocycles. The Hall–Kier alpha value is -3.58. The number of ether oxygens (including phenoxy) is 1. The lowest BCUT2D eigenvalue weighted by Crippen LogP contribution is -2.12. The summed E-state index contributed by atoms with van der Waals surface area (Å²) in [4.78, 5) is 12.6. The lowest BCUT2D eigenvalue weighted by molar-refractivity contribution is 0.0992. The zero-order valence-corrected chi connectivity index (χ0v) is 19.9. The molecule has 0 unspecified atom stereocenters. The van der Waals surface area contributed by atoms with Crippen molar-refractivity contribution in [3.05, 3.63) is 100 Å². The number of halogens is 2. The molecular formula is C26H25ClFN3O3. The average Bonchev–Trinajstić information content (AvgIpc) is 3.39. The summed E-state index contributed by atoms with van der Waals surface area (Å²) in [6.45, 7) is 6.96. The summed E-state index contributed by atoms with van der Waals surface area (Å²) < 4.78 is 26.3. The second-order valence-electron chi connectivity index (χ2n) is 8.94. The number of anilines is 1. The van der Waals surface area contributed by atoms with Crippen molar-refractivity contribution in [2.75, 3.05) is 5.32 Å². The van der Waals surface area contributed by atoms with E-state index in [0.717, 1.165) is 5.56 Å². The fourth-order valence-electron chi connectivity index (χ4n) is 3.34. The Morgan fingerprint density at radius 2 is 1.91 bits per heavy atom. The minimum Gasteiger partial charge on any atom is -0.486 e. The van der Waals surface area contributed by atoms with E-state index in [0.29, 0.717) is 18.1 Å². The predicted molar refractivity (Wildman–Crippen MR) is 129 cm³/mol. The Kier molecular flexibility index (Phi) is 6.75. The molecule has 0 bridgehead atoms. The molecule has 0 aliphatic rings. The normalized spacial score (nSPS) is 11.4. The molecule has 0 fully saturated rings. The maximum Gasteiger partial charge on any atom is 0.292 e. The molecule has 2 aromatic heterocycles. The van der Waals surface area contributed by atoms with Crippen molar-refractivity contribution >= 4 is 23.3 Å². The zero-order chi connectivity index (χ0) is 24.3. The largest absolute Gasteiger partial charge is 0.486 e. The molecule has 8 heteroatoms. The van der Waals surface area contributed by atoms with Crippen molar-refractivity contribution in [2.24, 2.45) is 0 Å². The Morgan fingerprint density at radius 1 is 1.15 bits per heavy atom. The molecule has 0 saturated carbocycles. The highest BCUT2D eigenvalue weighted by molar-refractivity contribution is 6.33. The maximum absolute atomic E-state index is 13.4. The topological polar surface area (TPSA) is 69.3 Å². The summed E-state index contributed by atoms with van der Waals surface area (Å²) in [5.74, 6) is 0.704. The van der Waals surface area contributed by atoms with E-state index in [-0.39, 0.29) is 34.4 Å². The van der Waals surface area contributed by atoms with Crippen molar-refractivity contribution < 1.29 is 18.3 Å². The van der Waals surface area contributed by atoms with Gasteiger partial charge < -0.3 is 14.5 Å². The number of carbonyl (C=O) groups is 1. The van der Waals surface area contributed by atoms with Gasteiger partial charge in [0.2, 0.25) is 0 Å². The summed E-state index contributed by atoms with van der Waals surface area (Å²) in [6, 6.07) is 17.3. The number of aromatic nitrogens is 2. The first kappa shape index (κ1) is 23.6. The molecule has 4 rings (SSSR count). The highest BCUT2D eigenvalue weighted by Crippen LogP contribution is 2.25. The third-order valence-electron chi connectivity index (χ3n) is 5.17. The minimum absolute atomic E-state index is 0.0694. The smallest absolute Gasteiger partial charge is 0.292 e. The molecule has 0 aliphatic heterocycles. The highest BCUT2D eigenvalue weighted by atomic mass is 35.5. The van der Waals surface area contributed by atoms with Gasteiger partial charge in [-0.2, -0.15) is 5.10 Å². The number of amides is 1. The number of benzene rings is 2. The van der Waals surface area contributed by atoms with E-state index in [9.17, 15) is 9.18 Å². The van der Waals surface area contributed by atoms with Gasteiger partial charge in [0.1, 0.15) is 29.0 Å². The zero-order valence-electron chi connectivity index (χ0n) is 19.1. The van der Waals surface area contributed by atoms with Gasteiger partial charge in [0.15, 0.2) is 11.6 Å². The molecular weight excluding hydrogens is 457 g/mol. The average molecular weight is 482 g/mol. The second-order valence-corrected chi connectivity index (χ2v) is 9.34. The van der Waals surface area contributed by atoms with Gasteiger partial charge in [0.25, 0.3) is 5.91 Å². The molecule has 1 amide bonds. The molecule has 0 spiro atoms. The molecule has 1 N–H and O–H groups in total. The van der Waals surface area contributed by atoms with Crippen molar-refractivity contribution in [2.45, 2.75) is 39.3 Å². The van der Waals surface area contributed by atoms with Gasteiger partial charge in [-0.25, -0.2) is 4.39 Å². The van der Waals surface area contributed by atoms with Crippen LogP contribution in [0.15, 0.2) is 71.3 Å². The number of carbonyl (C=O) groups excluding carboxylic acids is 1. The Morgan fingerprint density at radius 3 is 2.62 bits per heavy atom. The van der Waals surface area contributed by atoms with Crippen LogP contribution >= 0.6 is 11.6 Å². The van der Waals surface area contributed by atoms with Crippen molar-refractivity contribution in [3.8, 4) is 5.75 Å². The Labute approximate surface area is 202 Å². The summed E-state index contributed by atoms with van der Waals surface area (Å²) in [6.07, 6.45) is 1.56. The van der Waals surface area contributed by atoms with E-state index >= 15 is 0 Å². The van der Waals surface area contributed by atoms with E-state index in [1.807, 2.05) is 24.3 Å². The van der Waals surface area contributed by atoms with Crippen LogP contribution in [0.5, 0.6) is 5.75 Å². The molecule has 0 atom stereocenters. The van der Waals surface area contributed by atoms with Crippen LogP contribution in [0.2, 0.25) is 5.02 Å². The van der Waals surface area contributed by atoms with Crippen molar-refractivity contribution in [1.82, 2.24) is 9.78 Å². The third-order valence-corrected chi connectivity index (χ3v) is 5.45. The first-order valence-corrected chi connectivity index (χ1v) is 11.2. The second kappa shape index (κ2) is 9.73. The van der Waals surface area contributed by atoms with Crippen LogP contribution in [0.1, 0.15) is 48.2 Å². The molecule has 4 aromatic rings. The van der Waals surface area contributed by atoms with Crippen LogP contribution in [0.3, 0.4) is 0 Å². The van der Waals surface area contributed by atoms with Gasteiger partial charge in [-0.15, -0.1) is 0 Å². The van der Waals surface area contributed by atoms with Crippen molar-refractivity contribution in [3.63, 3.8) is 0 Å². The van der Waals surface area contributed by atoms with Gasteiger partial charge in [0, 0.05) is 6.20 Å². The summed E-state index contributed by atoms with van der Waals surface area (Å²) in [5.41, 5.74) is 2.01. The summed E-state index contributed by atoms with van der Waals surface area (Å²) in [7, 11) is 0. The Balaban J connectivity index is 1.35. The lowest BCUT2D eigenvalue weighted by atomic mass is 9.87. The molecule has 34 heavy (non-hydrogen) atoms. The summed E-state index contributed by atoms with van der Waals surface area (Å²) in [5, 5.41) is 7.17. The van der Waals surface area contributed by atoms with Crippen LogP contribution in [0.25, 0.3) is 0 Å². The molecule has 0 saturated heterocycles. The number of hydrogen-bond acceptors (Lipinski definition) is 4. The van der Waals surface area contributed by atoms with E-state index in [4.69, 9.17) is 20.8 Å². The van der Waals surface area contributed by atoms with Gasteiger partial charge in [-0.05, 0) is 52.9 Å². The number of hydrogen-bond donors (Lipinski definition) is 1. The van der Waals surface area contributed by atoms with E-state index in [1.54, 1.807) is 30.5 Å². The molecule has 6 nitrogen and oxygen atoms in total. The van der Waals surface area contributed by atoms with E-state index in [2.05, 4.69) is 31.2 Å². The quantitative estimate of drug-likeness (QED) is 0.329. The van der Waals surface area contributed by atoms with Gasteiger partial charge >= 0.3 is 0 Å². The van der Waals surface area contributed by atoms with E-state index < -0.39 is 5.91 Å². The van der Waals surface area contributed by atoms with Crippen LogP contribution in [0, 0.1) is 5.82 Å². The Bertz CT molecular complexity index is 1290. The molecule has 2 aromatic carbocycles. The van der Waals surface area contributed by atoms with Crippen LogP contribution in [0.4, 0.5) is 10.2 Å². The van der Waals surface area contributed by atoms with E-state index in [1.165, 1.54) is 22.4 Å². The maximum atomic E-state index is 13.4. The highest BCUT2D eigenvalue weighted by Gasteiger charge is 2.17.